The van der Waals surface area contributed by atoms with Crippen molar-refractivity contribution in [2.24, 2.45) is 0 Å². The third-order valence-corrected chi connectivity index (χ3v) is 4.13. The van der Waals surface area contributed by atoms with Gasteiger partial charge < -0.3 is 9.87 Å². The van der Waals surface area contributed by atoms with Crippen molar-refractivity contribution in [3.63, 3.8) is 0 Å². The Morgan fingerprint density at radius 1 is 1.27 bits per heavy atom. The molecule has 0 radical (unpaired) electrons. The first kappa shape index (κ1) is 11.2. The summed E-state index contributed by atoms with van der Waals surface area (Å²) in [4.78, 5) is 0. The Bertz CT molecular complexity index is 94.4. The van der Waals surface area contributed by atoms with E-state index in [-0.39, 0.29) is 0 Å². The Morgan fingerprint density at radius 2 is 1.73 bits per heavy atom. The van der Waals surface area contributed by atoms with Crippen molar-refractivity contribution in [2.75, 3.05) is 31.6 Å². The van der Waals surface area contributed by atoms with E-state index in [0.29, 0.717) is 0 Å². The molecule has 3 nitrogen and oxygen atoms in total. The lowest BCUT2D eigenvalue weighted by atomic mass is 10.6. The maximum Gasteiger partial charge on any atom is 0.0238 e. The Labute approximate surface area is 71.2 Å². The third-order valence-electron chi connectivity index (χ3n) is 1.61. The molecule has 0 saturated carbocycles. The first-order valence-electron chi connectivity index (χ1n) is 4.17. The summed E-state index contributed by atoms with van der Waals surface area (Å²) in [5.74, 6) is 1.78. The summed E-state index contributed by atoms with van der Waals surface area (Å²) >= 11 is 0. The molecular weight excluding hydrogens is 160 g/mol. The minimum atomic E-state index is -1.39. The lowest BCUT2D eigenvalue weighted by Crippen LogP contribution is -2.38. The fourth-order valence-corrected chi connectivity index (χ4v) is 2.49. The van der Waals surface area contributed by atoms with Crippen LogP contribution in [-0.2, 0) is 0 Å². The van der Waals surface area contributed by atoms with Crippen LogP contribution in [0.5, 0.6) is 0 Å². The molecule has 0 aromatic heterocycles. The van der Waals surface area contributed by atoms with Crippen molar-refractivity contribution in [1.82, 2.24) is 10.0 Å². The molecule has 0 atom stereocenters. The van der Waals surface area contributed by atoms with Gasteiger partial charge in [0.15, 0.2) is 0 Å². The molecule has 11 heavy (non-hydrogen) atoms. The summed E-state index contributed by atoms with van der Waals surface area (Å²) in [6.07, 6.45) is 0. The quantitative estimate of drug-likeness (QED) is 0.565. The van der Waals surface area contributed by atoms with Crippen LogP contribution >= 0.6 is 10.5 Å². The van der Waals surface area contributed by atoms with Gasteiger partial charge in [0.2, 0.25) is 0 Å². The van der Waals surface area contributed by atoms with E-state index >= 15 is 0 Å². The van der Waals surface area contributed by atoms with Crippen LogP contribution in [0, 0.1) is 0 Å². The molecule has 0 bridgehead atoms. The molecule has 3 N–H and O–H groups in total. The molecule has 0 unspecified atom stereocenters. The van der Waals surface area contributed by atoms with E-state index in [0.717, 1.165) is 24.6 Å². The molecule has 0 aliphatic carbocycles. The standard InChI is InChI=1S/C5H14N2OS.C2H6/c1-6-9(8)4-2-7-3-5-9;1-2/h6-8H,2-5H2,1H3;1-2H3. The van der Waals surface area contributed by atoms with Gasteiger partial charge >= 0.3 is 0 Å². The zero-order chi connectivity index (χ0) is 8.74. The van der Waals surface area contributed by atoms with Gasteiger partial charge in [-0.2, -0.15) is 0 Å². The maximum absolute atomic E-state index is 9.61. The Morgan fingerprint density at radius 3 is 2.00 bits per heavy atom. The summed E-state index contributed by atoms with van der Waals surface area (Å²) in [6.45, 7) is 5.90. The van der Waals surface area contributed by atoms with Crippen LogP contribution in [0.15, 0.2) is 0 Å². The van der Waals surface area contributed by atoms with Gasteiger partial charge in [0.25, 0.3) is 0 Å². The van der Waals surface area contributed by atoms with Crippen LogP contribution in [0.1, 0.15) is 13.8 Å². The zero-order valence-electron chi connectivity index (χ0n) is 7.68. The van der Waals surface area contributed by atoms with E-state index < -0.39 is 10.5 Å². The van der Waals surface area contributed by atoms with Crippen LogP contribution < -0.4 is 10.0 Å². The minimum Gasteiger partial charge on any atom is -0.338 e. The molecule has 1 aliphatic heterocycles. The van der Waals surface area contributed by atoms with Gasteiger partial charge in [-0.25, -0.2) is 0 Å². The van der Waals surface area contributed by atoms with Gasteiger partial charge in [-0.1, -0.05) is 24.3 Å². The second-order valence-electron chi connectivity index (χ2n) is 2.20. The van der Waals surface area contributed by atoms with Crippen LogP contribution in [0.3, 0.4) is 0 Å². The van der Waals surface area contributed by atoms with Crippen LogP contribution in [0.25, 0.3) is 0 Å². The maximum atomic E-state index is 9.61. The van der Waals surface area contributed by atoms with Gasteiger partial charge in [-0.05, 0) is 7.05 Å². The first-order valence-corrected chi connectivity index (χ1v) is 6.10. The molecule has 0 aromatic carbocycles. The lowest BCUT2D eigenvalue weighted by molar-refractivity contribution is 0.588. The second kappa shape index (κ2) is 5.83. The van der Waals surface area contributed by atoms with Gasteiger partial charge in [0.1, 0.15) is 0 Å². The summed E-state index contributed by atoms with van der Waals surface area (Å²) in [5, 5.41) is 3.20. The molecule has 4 heteroatoms. The fraction of sp³-hybridized carbons (Fsp3) is 1.00. The topological polar surface area (TPSA) is 44.3 Å². The second-order valence-corrected chi connectivity index (χ2v) is 5.11. The SMILES string of the molecule is CC.CNS1(O)CCNCC1. The van der Waals surface area contributed by atoms with Gasteiger partial charge in [-0.3, -0.25) is 4.72 Å². The number of hydrogen-bond donors (Lipinski definition) is 3. The molecule has 0 aromatic rings. The Kier molecular flexibility index (Phi) is 5.95. The predicted molar refractivity (Wildman–Crippen MR) is 53.2 cm³/mol. The normalized spacial score (nSPS) is 24.7. The highest BCUT2D eigenvalue weighted by molar-refractivity contribution is 8.27. The predicted octanol–water partition coefficient (Wildman–Crippen LogP) is 1.03. The van der Waals surface area contributed by atoms with Crippen molar-refractivity contribution >= 4 is 10.5 Å². The van der Waals surface area contributed by atoms with Gasteiger partial charge in [0, 0.05) is 24.6 Å². The van der Waals surface area contributed by atoms with E-state index in [1.165, 1.54) is 0 Å². The minimum absolute atomic E-state index is 0.892. The fourth-order valence-electron chi connectivity index (χ4n) is 0.913. The van der Waals surface area contributed by atoms with E-state index in [1.807, 2.05) is 20.9 Å². The van der Waals surface area contributed by atoms with E-state index in [4.69, 9.17) is 0 Å². The summed E-state index contributed by atoms with van der Waals surface area (Å²) in [7, 11) is 0.443. The van der Waals surface area contributed by atoms with Crippen molar-refractivity contribution in [2.45, 2.75) is 13.8 Å². The molecule has 1 saturated heterocycles. The number of nitrogens with one attached hydrogen (secondary N) is 2. The Hall–Kier alpha value is 0.230. The average Bonchev–Trinajstić information content (AvgIpc) is 2.10. The van der Waals surface area contributed by atoms with E-state index in [1.54, 1.807) is 0 Å². The van der Waals surface area contributed by atoms with Crippen molar-refractivity contribution in [1.29, 1.82) is 0 Å². The highest BCUT2D eigenvalue weighted by Crippen LogP contribution is 2.37. The van der Waals surface area contributed by atoms with Crippen LogP contribution in [-0.4, -0.2) is 36.2 Å². The van der Waals surface area contributed by atoms with Crippen LogP contribution in [0.2, 0.25) is 0 Å². The average molecular weight is 180 g/mol. The highest BCUT2D eigenvalue weighted by atomic mass is 32.3. The molecular formula is C7H20N2OS. The number of hydrogen-bond acceptors (Lipinski definition) is 3. The molecule has 1 fully saturated rings. The largest absolute Gasteiger partial charge is 0.338 e. The summed E-state index contributed by atoms with van der Waals surface area (Å²) in [6, 6.07) is 0. The van der Waals surface area contributed by atoms with E-state index in [9.17, 15) is 4.55 Å². The van der Waals surface area contributed by atoms with Crippen LogP contribution in [0.4, 0.5) is 0 Å². The monoisotopic (exact) mass is 180 g/mol. The third kappa shape index (κ3) is 3.96. The zero-order valence-corrected chi connectivity index (χ0v) is 8.50. The lowest BCUT2D eigenvalue weighted by Gasteiger charge is -2.36. The van der Waals surface area contributed by atoms with Gasteiger partial charge in [-0.15, -0.1) is 0 Å². The first-order chi connectivity index (χ1) is 5.27. The Balaban J connectivity index is 0.000000461. The molecule has 70 valence electrons. The molecule has 1 aliphatic rings. The smallest absolute Gasteiger partial charge is 0.0238 e. The molecule has 0 spiro atoms. The highest BCUT2D eigenvalue weighted by Gasteiger charge is 2.20. The van der Waals surface area contributed by atoms with Crippen molar-refractivity contribution in [3.8, 4) is 0 Å². The molecule has 1 rings (SSSR count). The van der Waals surface area contributed by atoms with Crippen molar-refractivity contribution in [3.05, 3.63) is 0 Å². The van der Waals surface area contributed by atoms with Gasteiger partial charge in [0.05, 0.1) is 0 Å². The van der Waals surface area contributed by atoms with E-state index in [2.05, 4.69) is 10.0 Å². The number of rotatable bonds is 1. The summed E-state index contributed by atoms with van der Waals surface area (Å²) in [5.41, 5.74) is 0. The van der Waals surface area contributed by atoms with Crippen molar-refractivity contribution < 1.29 is 4.55 Å². The summed E-state index contributed by atoms with van der Waals surface area (Å²) < 4.78 is 12.6. The molecule has 1 heterocycles. The molecule has 0 amide bonds.